The van der Waals surface area contributed by atoms with Crippen LogP contribution in [0.15, 0.2) is 53.3 Å². The van der Waals surface area contributed by atoms with Crippen LogP contribution in [0.2, 0.25) is 0 Å². The summed E-state index contributed by atoms with van der Waals surface area (Å²) >= 11 is 0. The van der Waals surface area contributed by atoms with Gasteiger partial charge in [-0.3, -0.25) is 9.59 Å². The monoisotopic (exact) mass is 326 g/mol. The Morgan fingerprint density at radius 1 is 1.21 bits per heavy atom. The van der Waals surface area contributed by atoms with Crippen LogP contribution in [0.3, 0.4) is 0 Å². The Labute approximate surface area is 136 Å². The van der Waals surface area contributed by atoms with Gasteiger partial charge in [0, 0.05) is 0 Å². The number of halogens is 1. The maximum atomic E-state index is 12.9. The summed E-state index contributed by atoms with van der Waals surface area (Å²) in [6.07, 6.45) is 0. The summed E-state index contributed by atoms with van der Waals surface area (Å²) in [6.45, 7) is 1.54. The van der Waals surface area contributed by atoms with E-state index in [9.17, 15) is 14.0 Å². The molecule has 3 aromatic rings. The number of fused-ring (bicyclic) bond motifs is 1. The maximum absolute atomic E-state index is 12.9. The molecule has 0 aliphatic heterocycles. The Bertz CT molecular complexity index is 937. The van der Waals surface area contributed by atoms with Crippen molar-refractivity contribution < 1.29 is 9.18 Å². The van der Waals surface area contributed by atoms with E-state index in [0.717, 1.165) is 10.2 Å². The number of carbonyl (C=O) groups excluding carboxylic acids is 1. The van der Waals surface area contributed by atoms with Crippen molar-refractivity contribution in [2.75, 3.05) is 0 Å². The Morgan fingerprint density at radius 2 is 1.92 bits per heavy atom. The predicted octanol–water partition coefficient (Wildman–Crippen LogP) is 1.81. The van der Waals surface area contributed by atoms with Gasteiger partial charge in [0.25, 0.3) is 5.56 Å². The highest BCUT2D eigenvalue weighted by molar-refractivity contribution is 5.78. The second kappa shape index (κ2) is 6.57. The average Bonchev–Trinajstić information content (AvgIpc) is 2.58. The normalized spacial score (nSPS) is 12.1. The average molecular weight is 326 g/mol. The Kier molecular flexibility index (Phi) is 4.33. The fraction of sp³-hybridized carbons (Fsp3) is 0.176. The van der Waals surface area contributed by atoms with Gasteiger partial charge in [0.1, 0.15) is 17.9 Å². The highest BCUT2D eigenvalue weighted by Crippen LogP contribution is 2.12. The van der Waals surface area contributed by atoms with E-state index >= 15 is 0 Å². The molecule has 1 aromatic heterocycles. The van der Waals surface area contributed by atoms with Crippen molar-refractivity contribution in [3.05, 3.63) is 70.3 Å². The first-order valence-electron chi connectivity index (χ1n) is 7.42. The van der Waals surface area contributed by atoms with Crippen LogP contribution in [-0.2, 0) is 11.3 Å². The summed E-state index contributed by atoms with van der Waals surface area (Å²) in [6, 6.07) is 12.4. The Morgan fingerprint density at radius 3 is 2.67 bits per heavy atom. The summed E-state index contributed by atoms with van der Waals surface area (Å²) in [5, 5.41) is 10.9. The largest absolute Gasteiger partial charge is 0.348 e. The molecule has 3 rings (SSSR count). The zero-order valence-electron chi connectivity index (χ0n) is 12.9. The second-order valence-corrected chi connectivity index (χ2v) is 5.41. The van der Waals surface area contributed by atoms with Crippen LogP contribution in [0.4, 0.5) is 4.39 Å². The molecule has 1 amide bonds. The lowest BCUT2D eigenvalue weighted by molar-refractivity contribution is -0.122. The summed E-state index contributed by atoms with van der Waals surface area (Å²) in [5.74, 6) is -0.714. The molecule has 1 atom stereocenters. The molecule has 0 bridgehead atoms. The number of benzene rings is 2. The van der Waals surface area contributed by atoms with Crippen molar-refractivity contribution in [1.29, 1.82) is 0 Å². The zero-order chi connectivity index (χ0) is 17.1. The van der Waals surface area contributed by atoms with E-state index in [2.05, 4.69) is 15.6 Å². The molecule has 0 saturated heterocycles. The van der Waals surface area contributed by atoms with Crippen molar-refractivity contribution >= 4 is 16.8 Å². The zero-order valence-corrected chi connectivity index (χ0v) is 12.9. The first-order chi connectivity index (χ1) is 11.5. The third kappa shape index (κ3) is 3.29. The van der Waals surface area contributed by atoms with Crippen molar-refractivity contribution in [3.63, 3.8) is 0 Å². The van der Waals surface area contributed by atoms with Crippen molar-refractivity contribution in [1.82, 2.24) is 20.3 Å². The molecule has 0 fully saturated rings. The van der Waals surface area contributed by atoms with E-state index in [0.29, 0.717) is 10.9 Å². The van der Waals surface area contributed by atoms with Gasteiger partial charge in [0.15, 0.2) is 0 Å². The van der Waals surface area contributed by atoms with Crippen molar-refractivity contribution in [2.24, 2.45) is 0 Å². The highest BCUT2D eigenvalue weighted by atomic mass is 19.1. The summed E-state index contributed by atoms with van der Waals surface area (Å²) in [7, 11) is 0. The van der Waals surface area contributed by atoms with Crippen LogP contribution in [0.25, 0.3) is 10.9 Å². The van der Waals surface area contributed by atoms with Crippen LogP contribution < -0.4 is 10.9 Å². The van der Waals surface area contributed by atoms with Gasteiger partial charge in [-0.05, 0) is 36.8 Å². The molecule has 1 heterocycles. The van der Waals surface area contributed by atoms with E-state index in [1.807, 2.05) is 0 Å². The molecule has 7 heteroatoms. The van der Waals surface area contributed by atoms with Gasteiger partial charge in [-0.1, -0.05) is 29.5 Å². The second-order valence-electron chi connectivity index (χ2n) is 5.41. The van der Waals surface area contributed by atoms with Crippen molar-refractivity contribution in [2.45, 2.75) is 19.5 Å². The molecule has 0 radical (unpaired) electrons. The lowest BCUT2D eigenvalue weighted by Gasteiger charge is -2.14. The van der Waals surface area contributed by atoms with E-state index in [1.54, 1.807) is 43.3 Å². The fourth-order valence-electron chi connectivity index (χ4n) is 2.38. The number of rotatable bonds is 4. The van der Waals surface area contributed by atoms with E-state index in [1.165, 1.54) is 12.1 Å². The van der Waals surface area contributed by atoms with Crippen LogP contribution in [0.1, 0.15) is 18.5 Å². The third-order valence-electron chi connectivity index (χ3n) is 3.67. The van der Waals surface area contributed by atoms with Crippen LogP contribution in [0.5, 0.6) is 0 Å². The Balaban J connectivity index is 1.74. The van der Waals surface area contributed by atoms with Gasteiger partial charge < -0.3 is 5.32 Å². The standard InChI is InChI=1S/C17H15FN4O2/c1-11(12-6-8-13(18)9-7-12)19-16(23)10-22-17(24)14-4-2-3-5-15(14)20-21-22/h2-9,11H,10H2,1H3,(H,19,23)/t11-/m1/s1. The Hall–Kier alpha value is -3.09. The van der Waals surface area contributed by atoms with Crippen LogP contribution in [-0.4, -0.2) is 20.9 Å². The lowest BCUT2D eigenvalue weighted by atomic mass is 10.1. The number of nitrogens with one attached hydrogen (secondary N) is 1. The molecule has 122 valence electrons. The number of hydrogen-bond acceptors (Lipinski definition) is 4. The van der Waals surface area contributed by atoms with Crippen LogP contribution >= 0.6 is 0 Å². The summed E-state index contributed by atoms with van der Waals surface area (Å²) in [4.78, 5) is 24.4. The lowest BCUT2D eigenvalue weighted by Crippen LogP contribution is -2.35. The third-order valence-corrected chi connectivity index (χ3v) is 3.67. The molecule has 1 N–H and O–H groups in total. The molecule has 24 heavy (non-hydrogen) atoms. The number of carbonyl (C=O) groups is 1. The van der Waals surface area contributed by atoms with Gasteiger partial charge in [-0.2, -0.15) is 0 Å². The molecule has 2 aromatic carbocycles. The fourth-order valence-corrected chi connectivity index (χ4v) is 2.38. The minimum atomic E-state index is -0.376. The van der Waals surface area contributed by atoms with Gasteiger partial charge in [-0.15, -0.1) is 5.10 Å². The molecular weight excluding hydrogens is 311 g/mol. The van der Waals surface area contributed by atoms with E-state index in [4.69, 9.17) is 0 Å². The van der Waals surface area contributed by atoms with E-state index in [-0.39, 0.29) is 29.9 Å². The molecule has 0 aliphatic carbocycles. The number of nitrogens with zero attached hydrogens (tertiary/aromatic N) is 3. The molecule has 0 saturated carbocycles. The van der Waals surface area contributed by atoms with Crippen LogP contribution in [0, 0.1) is 5.82 Å². The van der Waals surface area contributed by atoms with Gasteiger partial charge in [0.05, 0.1) is 11.4 Å². The summed E-state index contributed by atoms with van der Waals surface area (Å²) in [5.41, 5.74) is 0.880. The summed E-state index contributed by atoms with van der Waals surface area (Å²) < 4.78 is 14.0. The number of hydrogen-bond donors (Lipinski definition) is 1. The molecule has 0 aliphatic rings. The van der Waals surface area contributed by atoms with Crippen molar-refractivity contribution in [3.8, 4) is 0 Å². The van der Waals surface area contributed by atoms with Gasteiger partial charge in [0.2, 0.25) is 5.91 Å². The molecular formula is C17H15FN4O2. The highest BCUT2D eigenvalue weighted by Gasteiger charge is 2.13. The number of amides is 1. The van der Waals surface area contributed by atoms with E-state index < -0.39 is 0 Å². The van der Waals surface area contributed by atoms with Gasteiger partial charge >= 0.3 is 0 Å². The molecule has 6 nitrogen and oxygen atoms in total. The SMILES string of the molecule is C[C@@H](NC(=O)Cn1nnc2ccccc2c1=O)c1ccc(F)cc1. The molecule has 0 unspecified atom stereocenters. The van der Waals surface area contributed by atoms with Gasteiger partial charge in [-0.25, -0.2) is 9.07 Å². The smallest absolute Gasteiger partial charge is 0.278 e. The first-order valence-corrected chi connectivity index (χ1v) is 7.42. The predicted molar refractivity (Wildman–Crippen MR) is 86.8 cm³/mol. The number of aromatic nitrogens is 3. The molecule has 0 spiro atoms. The topological polar surface area (TPSA) is 76.9 Å². The minimum Gasteiger partial charge on any atom is -0.348 e. The quantitative estimate of drug-likeness (QED) is 0.793. The maximum Gasteiger partial charge on any atom is 0.278 e. The minimum absolute atomic E-state index is 0.234. The first kappa shape index (κ1) is 15.8.